The summed E-state index contributed by atoms with van der Waals surface area (Å²) in [6.07, 6.45) is 8.46. The van der Waals surface area contributed by atoms with Crippen LogP contribution in [0.2, 0.25) is 5.02 Å². The van der Waals surface area contributed by atoms with Crippen LogP contribution in [0.4, 0.5) is 15.8 Å². The largest absolute Gasteiger partial charge is 0.393 e. The molecule has 1 unspecified atom stereocenters. The number of hydrogen-bond acceptors (Lipinski definition) is 7. The van der Waals surface area contributed by atoms with Crippen molar-refractivity contribution in [1.29, 1.82) is 5.26 Å². The van der Waals surface area contributed by atoms with Crippen molar-refractivity contribution in [3.8, 4) is 6.07 Å². The zero-order valence-corrected chi connectivity index (χ0v) is 22.3. The van der Waals surface area contributed by atoms with Crippen molar-refractivity contribution >= 4 is 41.7 Å². The standard InChI is InChI=1S/C28H28BClFN7O/c29-28(17-4-6-18(31)7-5-17,25-15-38(37-36-25)21-8-9-21)35-20-11-23-26(34-19-2-1-3-22(39)10-19)16(13-32)14-33-27(23)24(30)12-20/h4-7,11-12,14-15,19,21-22,35,39H,1-3,8-10,29H2,(H,33,34)/t19-,22+,28?/m0/s1. The van der Waals surface area contributed by atoms with E-state index < -0.39 is 5.44 Å². The third-order valence-electron chi connectivity index (χ3n) is 7.80. The van der Waals surface area contributed by atoms with Gasteiger partial charge in [-0.1, -0.05) is 28.9 Å². The van der Waals surface area contributed by atoms with Crippen molar-refractivity contribution in [3.63, 3.8) is 0 Å². The molecule has 0 aliphatic heterocycles. The summed E-state index contributed by atoms with van der Waals surface area (Å²) in [5.41, 5.74) is 2.95. The number of pyridine rings is 1. The normalized spacial score (nSPS) is 20.8. The summed E-state index contributed by atoms with van der Waals surface area (Å²) in [6.45, 7) is 0. The highest BCUT2D eigenvalue weighted by molar-refractivity contribution is 6.36. The number of halogens is 2. The summed E-state index contributed by atoms with van der Waals surface area (Å²) in [5, 5.41) is 37.1. The Labute approximate surface area is 231 Å². The van der Waals surface area contributed by atoms with E-state index in [1.165, 1.54) is 18.3 Å². The Morgan fingerprint density at radius 1 is 1.18 bits per heavy atom. The molecule has 11 heteroatoms. The van der Waals surface area contributed by atoms with Gasteiger partial charge >= 0.3 is 0 Å². The molecule has 2 heterocycles. The highest BCUT2D eigenvalue weighted by Crippen LogP contribution is 2.39. The lowest BCUT2D eigenvalue weighted by molar-refractivity contribution is 0.124. The molecule has 39 heavy (non-hydrogen) atoms. The van der Waals surface area contributed by atoms with Gasteiger partial charge < -0.3 is 15.7 Å². The monoisotopic (exact) mass is 543 g/mol. The number of aliphatic hydroxyl groups is 1. The molecule has 4 aromatic rings. The number of fused-ring (bicyclic) bond motifs is 1. The van der Waals surface area contributed by atoms with Gasteiger partial charge in [0.05, 0.1) is 45.6 Å². The smallest absolute Gasteiger partial charge is 0.148 e. The second-order valence-electron chi connectivity index (χ2n) is 10.7. The molecule has 2 saturated carbocycles. The summed E-state index contributed by atoms with van der Waals surface area (Å²) >= 11 is 6.76. The summed E-state index contributed by atoms with van der Waals surface area (Å²) in [6, 6.07) is 12.7. The minimum Gasteiger partial charge on any atom is -0.393 e. The fourth-order valence-electron chi connectivity index (χ4n) is 5.45. The van der Waals surface area contributed by atoms with Crippen molar-refractivity contribution in [2.45, 2.75) is 62.2 Å². The van der Waals surface area contributed by atoms with Crippen molar-refractivity contribution in [1.82, 2.24) is 20.0 Å². The number of aliphatic hydroxyl groups excluding tert-OH is 1. The third kappa shape index (κ3) is 5.04. The number of rotatable bonds is 7. The van der Waals surface area contributed by atoms with E-state index >= 15 is 0 Å². The predicted molar refractivity (Wildman–Crippen MR) is 151 cm³/mol. The molecule has 0 saturated heterocycles. The molecular weight excluding hydrogens is 516 g/mol. The van der Waals surface area contributed by atoms with Gasteiger partial charge in [0, 0.05) is 23.3 Å². The van der Waals surface area contributed by atoms with Crippen LogP contribution in [0.25, 0.3) is 10.9 Å². The average molecular weight is 544 g/mol. The summed E-state index contributed by atoms with van der Waals surface area (Å²) in [5.74, 6) is -0.324. The first-order chi connectivity index (χ1) is 18.8. The van der Waals surface area contributed by atoms with Gasteiger partial charge in [0.2, 0.25) is 0 Å². The number of benzene rings is 2. The molecule has 0 radical (unpaired) electrons. The van der Waals surface area contributed by atoms with Crippen molar-refractivity contribution in [2.75, 3.05) is 10.6 Å². The quantitative estimate of drug-likeness (QED) is 0.295. The molecule has 3 atom stereocenters. The van der Waals surface area contributed by atoms with Gasteiger partial charge in [0.15, 0.2) is 0 Å². The Morgan fingerprint density at radius 3 is 2.69 bits per heavy atom. The van der Waals surface area contributed by atoms with Gasteiger partial charge in [-0.3, -0.25) is 4.98 Å². The Bertz CT molecular complexity index is 1570. The zero-order chi connectivity index (χ0) is 27.1. The maximum atomic E-state index is 13.9. The van der Waals surface area contributed by atoms with E-state index in [0.29, 0.717) is 51.0 Å². The van der Waals surface area contributed by atoms with Crippen LogP contribution in [-0.2, 0) is 5.44 Å². The first-order valence-electron chi connectivity index (χ1n) is 13.3. The summed E-state index contributed by atoms with van der Waals surface area (Å²) in [4.78, 5) is 4.47. The number of nitrogens with one attached hydrogen (secondary N) is 2. The first kappa shape index (κ1) is 25.6. The van der Waals surface area contributed by atoms with Crippen molar-refractivity contribution in [2.24, 2.45) is 0 Å². The maximum absolute atomic E-state index is 13.9. The molecule has 0 spiro atoms. The molecule has 2 aliphatic carbocycles. The van der Waals surface area contributed by atoms with Crippen molar-refractivity contribution in [3.05, 3.63) is 76.5 Å². The molecule has 2 aromatic heterocycles. The van der Waals surface area contributed by atoms with E-state index in [2.05, 4.69) is 32.0 Å². The lowest BCUT2D eigenvalue weighted by atomic mass is 9.69. The first-order valence-corrected chi connectivity index (χ1v) is 13.7. The summed E-state index contributed by atoms with van der Waals surface area (Å²) in [7, 11) is 1.98. The lowest BCUT2D eigenvalue weighted by Crippen LogP contribution is -2.37. The molecule has 0 amide bonds. The van der Waals surface area contributed by atoms with Gasteiger partial charge in [0.25, 0.3) is 0 Å². The molecule has 2 fully saturated rings. The van der Waals surface area contributed by atoms with E-state index in [1.807, 2.05) is 24.8 Å². The molecule has 3 N–H and O–H groups in total. The van der Waals surface area contributed by atoms with E-state index in [1.54, 1.807) is 18.2 Å². The van der Waals surface area contributed by atoms with E-state index in [9.17, 15) is 14.8 Å². The zero-order valence-electron chi connectivity index (χ0n) is 21.5. The maximum Gasteiger partial charge on any atom is 0.148 e. The number of anilines is 2. The van der Waals surface area contributed by atoms with Crippen LogP contribution in [0.1, 0.15) is 61.4 Å². The minimum absolute atomic E-state index is 0.0313. The molecule has 198 valence electrons. The molecular formula is C28H28BClFN7O. The molecule has 8 nitrogen and oxygen atoms in total. The lowest BCUT2D eigenvalue weighted by Gasteiger charge is -2.31. The van der Waals surface area contributed by atoms with Crippen LogP contribution >= 0.6 is 11.6 Å². The second-order valence-corrected chi connectivity index (χ2v) is 11.2. The van der Waals surface area contributed by atoms with E-state index in [0.717, 1.165) is 37.7 Å². The minimum atomic E-state index is -0.862. The number of hydrogen-bond donors (Lipinski definition) is 3. The van der Waals surface area contributed by atoms with Gasteiger partial charge in [-0.2, -0.15) is 5.26 Å². The number of nitrogens with zero attached hydrogens (tertiary/aromatic N) is 5. The van der Waals surface area contributed by atoms with Crippen molar-refractivity contribution < 1.29 is 9.50 Å². The average Bonchev–Trinajstić information content (AvgIpc) is 3.65. The van der Waals surface area contributed by atoms with Gasteiger partial charge in [-0.25, -0.2) is 9.07 Å². The topological polar surface area (TPSA) is 112 Å². The van der Waals surface area contributed by atoms with Crippen LogP contribution in [0, 0.1) is 17.1 Å². The van der Waals surface area contributed by atoms with Gasteiger partial charge in [-0.05, 0) is 68.4 Å². The number of aromatic nitrogens is 4. The van der Waals surface area contributed by atoms with E-state index in [-0.39, 0.29) is 18.0 Å². The highest BCUT2D eigenvalue weighted by atomic mass is 35.5. The Hall–Kier alpha value is -3.68. The fourth-order valence-corrected chi connectivity index (χ4v) is 5.72. The predicted octanol–water partition coefficient (Wildman–Crippen LogP) is 4.49. The third-order valence-corrected chi connectivity index (χ3v) is 8.09. The van der Waals surface area contributed by atoms with Crippen LogP contribution < -0.4 is 10.6 Å². The molecule has 0 bridgehead atoms. The van der Waals surface area contributed by atoms with Crippen LogP contribution in [0.3, 0.4) is 0 Å². The molecule has 2 aliphatic rings. The Balaban J connectivity index is 1.44. The highest BCUT2D eigenvalue weighted by Gasteiger charge is 2.34. The van der Waals surface area contributed by atoms with E-state index in [4.69, 9.17) is 11.6 Å². The Morgan fingerprint density at radius 2 is 1.97 bits per heavy atom. The second kappa shape index (κ2) is 10.1. The van der Waals surface area contributed by atoms with Crippen LogP contribution in [0.5, 0.6) is 0 Å². The molecule has 6 rings (SSSR count). The molecule has 2 aromatic carbocycles. The fraction of sp³-hybridized carbons (Fsp3) is 0.357. The SMILES string of the molecule is BC(Nc1cc(Cl)c2ncc(C#N)c(N[C@H]3CCC[C@@H](O)C3)c2c1)(c1ccc(F)cc1)c1cn(C2CC2)nn1. The van der Waals surface area contributed by atoms with Gasteiger partial charge in [-0.15, -0.1) is 5.10 Å². The van der Waals surface area contributed by atoms with Gasteiger partial charge in [0.1, 0.15) is 25.4 Å². The summed E-state index contributed by atoms with van der Waals surface area (Å²) < 4.78 is 15.7. The van der Waals surface area contributed by atoms with Crippen LogP contribution in [-0.4, -0.2) is 45.1 Å². The van der Waals surface area contributed by atoms with Crippen LogP contribution in [0.15, 0.2) is 48.8 Å². The number of nitriles is 1. The Kier molecular flexibility index (Phi) is 6.65.